The first-order valence-corrected chi connectivity index (χ1v) is 10.2. The van der Waals surface area contributed by atoms with Crippen LogP contribution < -0.4 is 0 Å². The molecule has 0 radical (unpaired) electrons. The van der Waals surface area contributed by atoms with Gasteiger partial charge in [0, 0.05) is 6.61 Å². The summed E-state index contributed by atoms with van der Waals surface area (Å²) in [5.74, 6) is -0.976. The third-order valence-corrected chi connectivity index (χ3v) is 4.62. The van der Waals surface area contributed by atoms with Crippen molar-refractivity contribution >= 4 is 5.97 Å². The molecule has 0 aromatic rings. The number of aliphatic hydroxyl groups excluding tert-OH is 1. The first kappa shape index (κ1) is 23.2. The predicted molar refractivity (Wildman–Crippen MR) is 102 cm³/mol. The molecular weight excluding hydrogens is 300 g/mol. The summed E-state index contributed by atoms with van der Waals surface area (Å²) in [7, 11) is 0. The second-order valence-electron chi connectivity index (χ2n) is 6.92. The van der Waals surface area contributed by atoms with E-state index in [1.54, 1.807) is 0 Å². The van der Waals surface area contributed by atoms with Crippen molar-refractivity contribution in [2.45, 2.75) is 103 Å². The molecule has 142 valence electrons. The Labute approximate surface area is 149 Å². The van der Waals surface area contributed by atoms with Gasteiger partial charge in [-0.3, -0.25) is 4.79 Å². The van der Waals surface area contributed by atoms with Crippen LogP contribution in [0.15, 0.2) is 12.2 Å². The summed E-state index contributed by atoms with van der Waals surface area (Å²) < 4.78 is 0. The minimum Gasteiger partial charge on any atom is -0.481 e. The van der Waals surface area contributed by atoms with Gasteiger partial charge in [-0.05, 0) is 44.9 Å². The van der Waals surface area contributed by atoms with Crippen LogP contribution >= 0.6 is 0 Å². The van der Waals surface area contributed by atoms with Crippen LogP contribution in [0.25, 0.3) is 0 Å². The van der Waals surface area contributed by atoms with Crippen LogP contribution in [0, 0.1) is 5.92 Å². The first-order chi connectivity index (χ1) is 11.7. The molecule has 0 spiro atoms. The lowest BCUT2D eigenvalue weighted by Gasteiger charge is -2.10. The zero-order chi connectivity index (χ0) is 17.9. The monoisotopic (exact) mass is 340 g/mol. The summed E-state index contributed by atoms with van der Waals surface area (Å²) in [6.07, 6.45) is 21.6. The molecule has 0 aliphatic heterocycles. The molecule has 0 saturated carbocycles. The van der Waals surface area contributed by atoms with E-state index < -0.39 is 5.97 Å². The lowest BCUT2D eigenvalue weighted by Crippen LogP contribution is -2.14. The normalized spacial score (nSPS) is 12.8. The fourth-order valence-corrected chi connectivity index (χ4v) is 3.01. The average Bonchev–Trinajstić information content (AvgIpc) is 2.57. The highest BCUT2D eigenvalue weighted by Crippen LogP contribution is 2.17. The fraction of sp³-hybridized carbons (Fsp3) is 0.857. The van der Waals surface area contributed by atoms with E-state index in [1.165, 1.54) is 57.8 Å². The number of carbonyl (C=O) groups is 1. The minimum atomic E-state index is -0.707. The number of hydrogen-bond donors (Lipinski definition) is 2. The van der Waals surface area contributed by atoms with Crippen LogP contribution in [0.3, 0.4) is 0 Å². The van der Waals surface area contributed by atoms with Crippen LogP contribution in [0.4, 0.5) is 0 Å². The van der Waals surface area contributed by atoms with Crippen molar-refractivity contribution in [3.8, 4) is 0 Å². The van der Waals surface area contributed by atoms with E-state index in [4.69, 9.17) is 10.2 Å². The zero-order valence-electron chi connectivity index (χ0n) is 15.8. The van der Waals surface area contributed by atoms with Gasteiger partial charge >= 0.3 is 5.97 Å². The van der Waals surface area contributed by atoms with Gasteiger partial charge in [-0.25, -0.2) is 0 Å². The molecule has 0 aromatic carbocycles. The maximum atomic E-state index is 11.1. The average molecular weight is 341 g/mol. The van der Waals surface area contributed by atoms with E-state index in [0.717, 1.165) is 25.7 Å². The summed E-state index contributed by atoms with van der Waals surface area (Å²) in [5, 5.41) is 17.9. The Kier molecular flexibility index (Phi) is 17.9. The summed E-state index contributed by atoms with van der Waals surface area (Å²) in [6, 6.07) is 0. The molecule has 0 aliphatic rings. The van der Waals surface area contributed by atoms with Crippen molar-refractivity contribution < 1.29 is 15.0 Å². The van der Waals surface area contributed by atoms with E-state index in [1.807, 2.05) is 0 Å². The van der Waals surface area contributed by atoms with E-state index >= 15 is 0 Å². The molecule has 3 heteroatoms. The topological polar surface area (TPSA) is 57.5 Å². The van der Waals surface area contributed by atoms with Crippen LogP contribution in [0.2, 0.25) is 0 Å². The van der Waals surface area contributed by atoms with Crippen LogP contribution in [-0.4, -0.2) is 22.8 Å². The van der Waals surface area contributed by atoms with Crippen molar-refractivity contribution in [2.75, 3.05) is 6.61 Å². The minimum absolute atomic E-state index is 0.0921. The molecule has 0 heterocycles. The number of hydrogen-bond acceptors (Lipinski definition) is 2. The molecule has 1 unspecified atom stereocenters. The molecule has 0 bridgehead atoms. The van der Waals surface area contributed by atoms with Crippen LogP contribution in [0.1, 0.15) is 103 Å². The Morgan fingerprint density at radius 3 is 1.83 bits per heavy atom. The van der Waals surface area contributed by atoms with Crippen molar-refractivity contribution in [2.24, 2.45) is 5.92 Å². The molecule has 1 atom stereocenters. The van der Waals surface area contributed by atoms with Gasteiger partial charge in [0.1, 0.15) is 0 Å². The zero-order valence-corrected chi connectivity index (χ0v) is 15.8. The third-order valence-electron chi connectivity index (χ3n) is 4.62. The van der Waals surface area contributed by atoms with Gasteiger partial charge in [-0.15, -0.1) is 0 Å². The van der Waals surface area contributed by atoms with Crippen molar-refractivity contribution in [1.29, 1.82) is 0 Å². The number of unbranched alkanes of at least 4 members (excludes halogenated alkanes) is 10. The van der Waals surface area contributed by atoms with Crippen LogP contribution in [-0.2, 0) is 4.79 Å². The van der Waals surface area contributed by atoms with Crippen LogP contribution in [0.5, 0.6) is 0 Å². The van der Waals surface area contributed by atoms with Crippen molar-refractivity contribution in [3.63, 3.8) is 0 Å². The molecule has 0 aromatic heterocycles. The first-order valence-electron chi connectivity index (χ1n) is 10.2. The Balaban J connectivity index is 3.37. The Morgan fingerprint density at radius 1 is 0.792 bits per heavy atom. The van der Waals surface area contributed by atoms with Gasteiger partial charge in [-0.2, -0.15) is 0 Å². The molecule has 0 fully saturated rings. The number of carboxylic acids is 1. The predicted octanol–water partition coefficient (Wildman–Crippen LogP) is 6.11. The number of aliphatic hydroxyl groups is 1. The van der Waals surface area contributed by atoms with Crippen molar-refractivity contribution in [3.05, 3.63) is 12.2 Å². The van der Waals surface area contributed by atoms with E-state index in [-0.39, 0.29) is 12.5 Å². The SMILES string of the molecule is CCCCCCCCC=CCCCCCCC(CCCO)C(=O)O. The Bertz CT molecular complexity index is 299. The molecule has 0 aliphatic carbocycles. The molecule has 0 amide bonds. The quantitative estimate of drug-likeness (QED) is 0.234. The molecule has 24 heavy (non-hydrogen) atoms. The number of aliphatic carboxylic acids is 1. The molecule has 3 nitrogen and oxygen atoms in total. The smallest absolute Gasteiger partial charge is 0.306 e. The van der Waals surface area contributed by atoms with Gasteiger partial charge in [0.2, 0.25) is 0 Å². The Morgan fingerprint density at radius 2 is 1.29 bits per heavy atom. The summed E-state index contributed by atoms with van der Waals surface area (Å²) >= 11 is 0. The summed E-state index contributed by atoms with van der Waals surface area (Å²) in [5.41, 5.74) is 0. The standard InChI is InChI=1S/C21H40O3/c1-2-3-4-5-6-7-8-9-10-11-12-13-14-15-17-20(21(23)24)18-16-19-22/h9-10,20,22H,2-8,11-19H2,1H3,(H,23,24). The summed E-state index contributed by atoms with van der Waals surface area (Å²) in [4.78, 5) is 11.1. The lowest BCUT2D eigenvalue weighted by molar-refractivity contribution is -0.142. The van der Waals surface area contributed by atoms with Gasteiger partial charge in [0.15, 0.2) is 0 Å². The van der Waals surface area contributed by atoms with Crippen molar-refractivity contribution in [1.82, 2.24) is 0 Å². The number of allylic oxidation sites excluding steroid dienone is 2. The third kappa shape index (κ3) is 16.0. The highest BCUT2D eigenvalue weighted by molar-refractivity contribution is 5.69. The number of rotatable bonds is 18. The van der Waals surface area contributed by atoms with Gasteiger partial charge in [-0.1, -0.05) is 70.4 Å². The second kappa shape index (κ2) is 18.5. The van der Waals surface area contributed by atoms with Gasteiger partial charge in [0.25, 0.3) is 0 Å². The highest BCUT2D eigenvalue weighted by atomic mass is 16.4. The second-order valence-corrected chi connectivity index (χ2v) is 6.92. The number of carboxylic acid groups (broad SMARTS) is 1. The fourth-order valence-electron chi connectivity index (χ4n) is 3.01. The maximum Gasteiger partial charge on any atom is 0.306 e. The van der Waals surface area contributed by atoms with E-state index in [0.29, 0.717) is 12.8 Å². The van der Waals surface area contributed by atoms with E-state index in [2.05, 4.69) is 19.1 Å². The highest BCUT2D eigenvalue weighted by Gasteiger charge is 2.15. The molecule has 2 N–H and O–H groups in total. The van der Waals surface area contributed by atoms with Gasteiger partial charge in [0.05, 0.1) is 5.92 Å². The van der Waals surface area contributed by atoms with Gasteiger partial charge < -0.3 is 10.2 Å². The summed E-state index contributed by atoms with van der Waals surface area (Å²) in [6.45, 7) is 2.35. The lowest BCUT2D eigenvalue weighted by atomic mass is 9.96. The largest absolute Gasteiger partial charge is 0.481 e. The molecular formula is C21H40O3. The van der Waals surface area contributed by atoms with E-state index in [9.17, 15) is 4.79 Å². The maximum absolute atomic E-state index is 11.1. The molecule has 0 rings (SSSR count). The Hall–Kier alpha value is -0.830. The molecule has 0 saturated heterocycles.